The molecule has 0 spiro atoms. The lowest BCUT2D eigenvalue weighted by Crippen LogP contribution is -2.61. The average Bonchev–Trinajstić information content (AvgIpc) is 2.41. The maximum Gasteiger partial charge on any atom is 0.138 e. The fraction of sp³-hybridized carbons (Fsp3) is 0.625. The van der Waals surface area contributed by atoms with Crippen molar-refractivity contribution in [1.82, 2.24) is 9.80 Å². The van der Waals surface area contributed by atoms with Gasteiger partial charge in [0.15, 0.2) is 0 Å². The molecule has 3 nitrogen and oxygen atoms in total. The second kappa shape index (κ2) is 8.60. The van der Waals surface area contributed by atoms with Crippen molar-refractivity contribution in [2.45, 2.75) is 13.0 Å². The first-order valence-electron chi connectivity index (χ1n) is 7.49. The van der Waals surface area contributed by atoms with Gasteiger partial charge < -0.3 is 14.5 Å². The molecule has 0 aliphatic carbocycles. The molecule has 2 aliphatic rings. The zero-order valence-electron chi connectivity index (χ0n) is 13.1. The van der Waals surface area contributed by atoms with Crippen LogP contribution in [0.5, 0.6) is 5.75 Å². The Hall–Kier alpha value is -0.190. The molecule has 0 aromatic heterocycles. The summed E-state index contributed by atoms with van der Waals surface area (Å²) in [5.74, 6) is 1.98. The van der Waals surface area contributed by atoms with E-state index in [0.29, 0.717) is 17.9 Å². The van der Waals surface area contributed by atoms with Gasteiger partial charge in [0.1, 0.15) is 11.9 Å². The van der Waals surface area contributed by atoms with Crippen molar-refractivity contribution >= 4 is 36.4 Å². The Balaban J connectivity index is 0.00000121. The van der Waals surface area contributed by atoms with Gasteiger partial charge in [0.2, 0.25) is 0 Å². The van der Waals surface area contributed by atoms with Crippen molar-refractivity contribution in [2.24, 2.45) is 11.8 Å². The number of ether oxygens (including phenoxy) is 1. The maximum absolute atomic E-state index is 6.31. The smallest absolute Gasteiger partial charge is 0.138 e. The number of benzene rings is 1. The summed E-state index contributed by atoms with van der Waals surface area (Å²) in [5, 5.41) is 0.719. The van der Waals surface area contributed by atoms with Gasteiger partial charge in [0.05, 0.1) is 5.02 Å². The topological polar surface area (TPSA) is 15.7 Å². The van der Waals surface area contributed by atoms with Crippen molar-refractivity contribution in [2.75, 3.05) is 39.8 Å². The lowest BCUT2D eigenvalue weighted by molar-refractivity contribution is -0.0572. The molecule has 2 fully saturated rings. The summed E-state index contributed by atoms with van der Waals surface area (Å²) in [4.78, 5) is 4.99. The molecule has 0 N–H and O–H groups in total. The Morgan fingerprint density at radius 3 is 2.23 bits per heavy atom. The summed E-state index contributed by atoms with van der Waals surface area (Å²) in [6.07, 6.45) is 0.300. The van der Waals surface area contributed by atoms with Crippen molar-refractivity contribution in [3.8, 4) is 5.75 Å². The van der Waals surface area contributed by atoms with Crippen LogP contribution in [0.4, 0.5) is 0 Å². The Kier molecular flexibility index (Phi) is 7.76. The summed E-state index contributed by atoms with van der Waals surface area (Å²) < 4.78 is 6.31. The first kappa shape index (κ1) is 19.9. The molecule has 2 heterocycles. The van der Waals surface area contributed by atoms with Crippen molar-refractivity contribution in [3.63, 3.8) is 0 Å². The van der Waals surface area contributed by atoms with E-state index in [1.54, 1.807) is 0 Å². The van der Waals surface area contributed by atoms with Crippen molar-refractivity contribution < 1.29 is 4.74 Å². The van der Waals surface area contributed by atoms with Crippen LogP contribution in [0.15, 0.2) is 24.3 Å². The highest BCUT2D eigenvalue weighted by Crippen LogP contribution is 2.34. The van der Waals surface area contributed by atoms with Gasteiger partial charge in [-0.25, -0.2) is 0 Å². The highest BCUT2D eigenvalue weighted by atomic mass is 35.5. The van der Waals surface area contributed by atoms with Crippen LogP contribution in [0.1, 0.15) is 6.92 Å². The fourth-order valence-corrected chi connectivity index (χ4v) is 3.85. The van der Waals surface area contributed by atoms with E-state index in [-0.39, 0.29) is 24.8 Å². The Bertz CT molecular complexity index is 458. The van der Waals surface area contributed by atoms with Crippen LogP contribution < -0.4 is 4.74 Å². The third-order valence-electron chi connectivity index (χ3n) is 4.55. The van der Waals surface area contributed by atoms with E-state index in [9.17, 15) is 0 Å². The predicted octanol–water partition coefficient (Wildman–Crippen LogP) is 3.44. The van der Waals surface area contributed by atoms with Crippen LogP contribution in [0.25, 0.3) is 0 Å². The van der Waals surface area contributed by atoms with E-state index in [1.807, 2.05) is 24.3 Å². The number of fused-ring (bicyclic) bond motifs is 2. The second-order valence-corrected chi connectivity index (χ2v) is 6.51. The number of para-hydroxylation sites is 1. The minimum atomic E-state index is 0. The molecule has 22 heavy (non-hydrogen) atoms. The first-order valence-corrected chi connectivity index (χ1v) is 7.87. The Morgan fingerprint density at radius 2 is 1.68 bits per heavy atom. The number of halogens is 3. The van der Waals surface area contributed by atoms with Crippen LogP contribution >= 0.6 is 36.4 Å². The Labute approximate surface area is 150 Å². The second-order valence-electron chi connectivity index (χ2n) is 6.11. The van der Waals surface area contributed by atoms with Crippen molar-refractivity contribution in [3.05, 3.63) is 29.3 Å². The number of nitrogens with zero attached hydrogens (tertiary/aromatic N) is 2. The maximum atomic E-state index is 6.31. The van der Waals surface area contributed by atoms with Crippen LogP contribution in [-0.2, 0) is 0 Å². The average molecular weight is 368 g/mol. The molecular formula is C16H25Cl3N2O. The first-order chi connectivity index (χ1) is 9.67. The molecule has 2 aliphatic heterocycles. The molecule has 126 valence electrons. The van der Waals surface area contributed by atoms with E-state index in [0.717, 1.165) is 43.5 Å². The predicted molar refractivity (Wildman–Crippen MR) is 97.0 cm³/mol. The van der Waals surface area contributed by atoms with Gasteiger partial charge in [-0.1, -0.05) is 30.7 Å². The normalized spacial score (nSPS) is 28.4. The molecule has 0 saturated carbocycles. The summed E-state index contributed by atoms with van der Waals surface area (Å²) in [6.45, 7) is 7.87. The summed E-state index contributed by atoms with van der Waals surface area (Å²) in [7, 11) is 2.22. The zero-order valence-corrected chi connectivity index (χ0v) is 15.5. The lowest BCUT2D eigenvalue weighted by atomic mass is 9.81. The molecule has 2 saturated heterocycles. The molecule has 3 rings (SSSR count). The highest BCUT2D eigenvalue weighted by Gasteiger charge is 2.42. The minimum Gasteiger partial charge on any atom is -0.488 e. The summed E-state index contributed by atoms with van der Waals surface area (Å²) >= 11 is 6.24. The van der Waals surface area contributed by atoms with Gasteiger partial charge in [0, 0.05) is 38.0 Å². The summed E-state index contributed by atoms with van der Waals surface area (Å²) in [6, 6.07) is 7.82. The number of piperidine rings is 2. The van der Waals surface area contributed by atoms with Gasteiger partial charge in [-0.05, 0) is 25.7 Å². The number of likely N-dealkylation sites (tertiary alicyclic amines) is 2. The van der Waals surface area contributed by atoms with Gasteiger partial charge in [-0.3, -0.25) is 0 Å². The van der Waals surface area contributed by atoms with Crippen molar-refractivity contribution in [1.29, 1.82) is 0 Å². The standard InChI is InChI=1S/C16H23ClN2O.2ClH/c1-3-19-10-12-8-18(2)9-13(11-19)16(12)20-15-7-5-4-6-14(15)17;;/h4-7,12-13,16H,3,8-11H2,1-2H3;2*1H. The molecule has 1 aromatic carbocycles. The van der Waals surface area contributed by atoms with Gasteiger partial charge in [-0.2, -0.15) is 0 Å². The van der Waals surface area contributed by atoms with E-state index in [1.165, 1.54) is 0 Å². The van der Waals surface area contributed by atoms with Crippen LogP contribution in [-0.4, -0.2) is 55.7 Å². The number of hydrogen-bond acceptors (Lipinski definition) is 3. The SMILES string of the molecule is CCN1CC2CN(C)CC(C1)C2Oc1ccccc1Cl.Cl.Cl. The molecule has 1 aromatic rings. The molecule has 2 atom stereocenters. The largest absolute Gasteiger partial charge is 0.488 e. The van der Waals surface area contributed by atoms with Crippen LogP contribution in [0.3, 0.4) is 0 Å². The lowest BCUT2D eigenvalue weighted by Gasteiger charge is -2.49. The van der Waals surface area contributed by atoms with E-state index in [2.05, 4.69) is 23.8 Å². The van der Waals surface area contributed by atoms with E-state index >= 15 is 0 Å². The van der Waals surface area contributed by atoms with Crippen LogP contribution in [0.2, 0.25) is 5.02 Å². The van der Waals surface area contributed by atoms with Gasteiger partial charge >= 0.3 is 0 Å². The van der Waals surface area contributed by atoms with E-state index in [4.69, 9.17) is 16.3 Å². The summed E-state index contributed by atoms with van der Waals surface area (Å²) in [5.41, 5.74) is 0. The Morgan fingerprint density at radius 1 is 1.09 bits per heavy atom. The molecular weight excluding hydrogens is 343 g/mol. The van der Waals surface area contributed by atoms with E-state index < -0.39 is 0 Å². The zero-order chi connectivity index (χ0) is 14.1. The van der Waals surface area contributed by atoms with Gasteiger partial charge in [0.25, 0.3) is 0 Å². The molecule has 0 radical (unpaired) electrons. The monoisotopic (exact) mass is 366 g/mol. The molecule has 6 heteroatoms. The van der Waals surface area contributed by atoms with Crippen LogP contribution in [0, 0.1) is 11.8 Å². The highest BCUT2D eigenvalue weighted by molar-refractivity contribution is 6.32. The number of rotatable bonds is 3. The molecule has 0 amide bonds. The number of hydrogen-bond donors (Lipinski definition) is 0. The quantitative estimate of drug-likeness (QED) is 0.814. The van der Waals surface area contributed by atoms with Gasteiger partial charge in [-0.15, -0.1) is 24.8 Å². The molecule has 2 bridgehead atoms. The third-order valence-corrected chi connectivity index (χ3v) is 4.87. The fourth-order valence-electron chi connectivity index (χ4n) is 3.67. The molecule has 2 unspecified atom stereocenters. The third kappa shape index (κ3) is 4.21. The minimum absolute atomic E-state index is 0.